The fourth-order valence-electron chi connectivity index (χ4n) is 2.07. The van der Waals surface area contributed by atoms with Gasteiger partial charge < -0.3 is 10.1 Å². The standard InChI is InChI=1S/C15H15F2NO/c1-18-15(10-4-3-5-12(16)8-10)11-6-7-14(19-2)13(17)9-11/h3-9,15,18H,1-2H3. The summed E-state index contributed by atoms with van der Waals surface area (Å²) in [6.45, 7) is 0. The lowest BCUT2D eigenvalue weighted by molar-refractivity contribution is 0.386. The van der Waals surface area contributed by atoms with Crippen LogP contribution in [0.25, 0.3) is 0 Å². The maximum absolute atomic E-state index is 13.7. The first-order valence-electron chi connectivity index (χ1n) is 5.92. The summed E-state index contributed by atoms with van der Waals surface area (Å²) in [7, 11) is 3.16. The van der Waals surface area contributed by atoms with Crippen molar-refractivity contribution in [2.24, 2.45) is 0 Å². The van der Waals surface area contributed by atoms with E-state index in [2.05, 4.69) is 5.32 Å². The largest absolute Gasteiger partial charge is 0.494 e. The molecule has 0 aromatic heterocycles. The molecule has 0 saturated carbocycles. The van der Waals surface area contributed by atoms with Gasteiger partial charge in [-0.25, -0.2) is 8.78 Å². The van der Waals surface area contributed by atoms with Crippen LogP contribution >= 0.6 is 0 Å². The Kier molecular flexibility index (Phi) is 4.12. The summed E-state index contributed by atoms with van der Waals surface area (Å²) in [5.74, 6) is -0.554. The van der Waals surface area contributed by atoms with Crippen LogP contribution in [-0.2, 0) is 0 Å². The normalized spacial score (nSPS) is 12.2. The maximum atomic E-state index is 13.7. The van der Waals surface area contributed by atoms with Gasteiger partial charge in [0.05, 0.1) is 13.2 Å². The third kappa shape index (κ3) is 2.90. The molecule has 0 aliphatic heterocycles. The molecule has 100 valence electrons. The van der Waals surface area contributed by atoms with E-state index in [1.165, 1.54) is 25.3 Å². The van der Waals surface area contributed by atoms with Gasteiger partial charge in [0.15, 0.2) is 11.6 Å². The van der Waals surface area contributed by atoms with Crippen molar-refractivity contribution in [1.82, 2.24) is 5.32 Å². The van der Waals surface area contributed by atoms with Gasteiger partial charge in [0.25, 0.3) is 0 Å². The Morgan fingerprint density at radius 3 is 2.37 bits per heavy atom. The quantitative estimate of drug-likeness (QED) is 0.914. The van der Waals surface area contributed by atoms with Crippen molar-refractivity contribution in [3.8, 4) is 5.75 Å². The number of rotatable bonds is 4. The fourth-order valence-corrected chi connectivity index (χ4v) is 2.07. The Morgan fingerprint density at radius 2 is 1.79 bits per heavy atom. The van der Waals surface area contributed by atoms with Crippen LogP contribution < -0.4 is 10.1 Å². The van der Waals surface area contributed by atoms with Gasteiger partial charge in [-0.15, -0.1) is 0 Å². The summed E-state index contributed by atoms with van der Waals surface area (Å²) >= 11 is 0. The molecule has 0 saturated heterocycles. The van der Waals surface area contributed by atoms with E-state index in [1.54, 1.807) is 31.3 Å². The Morgan fingerprint density at radius 1 is 1.05 bits per heavy atom. The minimum Gasteiger partial charge on any atom is -0.494 e. The Bertz CT molecular complexity index is 572. The molecule has 0 aliphatic carbocycles. The van der Waals surface area contributed by atoms with Crippen LogP contribution in [-0.4, -0.2) is 14.2 Å². The van der Waals surface area contributed by atoms with E-state index in [0.29, 0.717) is 5.56 Å². The molecule has 2 rings (SSSR count). The van der Waals surface area contributed by atoms with E-state index in [-0.39, 0.29) is 17.6 Å². The molecule has 0 spiro atoms. The minimum absolute atomic E-state index is 0.192. The van der Waals surface area contributed by atoms with Crippen molar-refractivity contribution in [3.63, 3.8) is 0 Å². The van der Waals surface area contributed by atoms with Gasteiger partial charge in [-0.2, -0.15) is 0 Å². The first kappa shape index (κ1) is 13.5. The number of hydrogen-bond acceptors (Lipinski definition) is 2. The second-order valence-electron chi connectivity index (χ2n) is 4.17. The van der Waals surface area contributed by atoms with Crippen LogP contribution in [0.15, 0.2) is 42.5 Å². The summed E-state index contributed by atoms with van der Waals surface area (Å²) < 4.78 is 31.9. The van der Waals surface area contributed by atoms with Crippen LogP contribution in [0.4, 0.5) is 8.78 Å². The van der Waals surface area contributed by atoms with Crippen LogP contribution in [0.1, 0.15) is 17.2 Å². The molecule has 19 heavy (non-hydrogen) atoms. The SMILES string of the molecule is CNC(c1cccc(F)c1)c1ccc(OC)c(F)c1. The number of benzene rings is 2. The molecular formula is C15H15F2NO. The molecule has 1 unspecified atom stereocenters. The summed E-state index contributed by atoms with van der Waals surface area (Å²) in [6.07, 6.45) is 0. The van der Waals surface area contributed by atoms with Crippen molar-refractivity contribution in [1.29, 1.82) is 0 Å². The number of ether oxygens (including phenoxy) is 1. The molecule has 0 aliphatic rings. The molecule has 1 atom stereocenters. The van der Waals surface area contributed by atoms with E-state index in [0.717, 1.165) is 5.56 Å². The maximum Gasteiger partial charge on any atom is 0.165 e. The first-order chi connectivity index (χ1) is 9.15. The van der Waals surface area contributed by atoms with Crippen LogP contribution in [0, 0.1) is 11.6 Å². The highest BCUT2D eigenvalue weighted by atomic mass is 19.1. The van der Waals surface area contributed by atoms with Crippen molar-refractivity contribution in [3.05, 3.63) is 65.2 Å². The average Bonchev–Trinajstić information content (AvgIpc) is 2.40. The van der Waals surface area contributed by atoms with Gasteiger partial charge in [-0.1, -0.05) is 18.2 Å². The highest BCUT2D eigenvalue weighted by Gasteiger charge is 2.14. The van der Waals surface area contributed by atoms with Gasteiger partial charge in [0, 0.05) is 0 Å². The van der Waals surface area contributed by atoms with E-state index < -0.39 is 5.82 Å². The zero-order valence-electron chi connectivity index (χ0n) is 10.8. The fraction of sp³-hybridized carbons (Fsp3) is 0.200. The number of hydrogen-bond donors (Lipinski definition) is 1. The molecule has 0 fully saturated rings. The number of methoxy groups -OCH3 is 1. The van der Waals surface area contributed by atoms with E-state index in [1.807, 2.05) is 0 Å². The highest BCUT2D eigenvalue weighted by Crippen LogP contribution is 2.26. The van der Waals surface area contributed by atoms with Crippen LogP contribution in [0.2, 0.25) is 0 Å². The Hall–Kier alpha value is -1.94. The third-order valence-electron chi connectivity index (χ3n) is 2.98. The smallest absolute Gasteiger partial charge is 0.165 e. The molecule has 2 nitrogen and oxygen atoms in total. The van der Waals surface area contributed by atoms with Crippen molar-refractivity contribution < 1.29 is 13.5 Å². The molecule has 2 aromatic carbocycles. The lowest BCUT2D eigenvalue weighted by Gasteiger charge is -2.18. The summed E-state index contributed by atoms with van der Waals surface area (Å²) in [4.78, 5) is 0. The number of halogens is 2. The van der Waals surface area contributed by atoms with E-state index in [9.17, 15) is 8.78 Å². The third-order valence-corrected chi connectivity index (χ3v) is 2.98. The zero-order chi connectivity index (χ0) is 13.8. The molecule has 0 bridgehead atoms. The van der Waals surface area contributed by atoms with E-state index in [4.69, 9.17) is 4.74 Å². The van der Waals surface area contributed by atoms with Gasteiger partial charge in [0.1, 0.15) is 5.82 Å². The highest BCUT2D eigenvalue weighted by molar-refractivity contribution is 5.36. The monoisotopic (exact) mass is 263 g/mol. The lowest BCUT2D eigenvalue weighted by Crippen LogP contribution is -2.18. The van der Waals surface area contributed by atoms with Crippen molar-refractivity contribution in [2.45, 2.75) is 6.04 Å². The van der Waals surface area contributed by atoms with Gasteiger partial charge in [-0.3, -0.25) is 0 Å². The Labute approximate surface area is 111 Å². The molecule has 2 aromatic rings. The molecule has 4 heteroatoms. The van der Waals surface area contributed by atoms with Gasteiger partial charge >= 0.3 is 0 Å². The summed E-state index contributed by atoms with van der Waals surface area (Å²) in [5, 5.41) is 3.05. The number of nitrogens with one attached hydrogen (secondary N) is 1. The average molecular weight is 263 g/mol. The molecule has 0 amide bonds. The summed E-state index contributed by atoms with van der Waals surface area (Å²) in [5.41, 5.74) is 1.46. The second-order valence-corrected chi connectivity index (χ2v) is 4.17. The van der Waals surface area contributed by atoms with Gasteiger partial charge in [-0.05, 0) is 42.4 Å². The summed E-state index contributed by atoms with van der Waals surface area (Å²) in [6, 6.07) is 10.7. The molecule has 0 radical (unpaired) electrons. The molecule has 0 heterocycles. The topological polar surface area (TPSA) is 21.3 Å². The molecule has 1 N–H and O–H groups in total. The predicted molar refractivity (Wildman–Crippen MR) is 70.3 cm³/mol. The van der Waals surface area contributed by atoms with E-state index >= 15 is 0 Å². The van der Waals surface area contributed by atoms with Crippen molar-refractivity contribution >= 4 is 0 Å². The van der Waals surface area contributed by atoms with Crippen LogP contribution in [0.5, 0.6) is 5.75 Å². The lowest BCUT2D eigenvalue weighted by atomic mass is 9.98. The first-order valence-corrected chi connectivity index (χ1v) is 5.92. The second kappa shape index (κ2) is 5.80. The zero-order valence-corrected chi connectivity index (χ0v) is 10.8. The van der Waals surface area contributed by atoms with Gasteiger partial charge in [0.2, 0.25) is 0 Å². The minimum atomic E-state index is -0.434. The van der Waals surface area contributed by atoms with Crippen molar-refractivity contribution in [2.75, 3.05) is 14.2 Å². The molecular weight excluding hydrogens is 248 g/mol. The van der Waals surface area contributed by atoms with Crippen LogP contribution in [0.3, 0.4) is 0 Å². The Balaban J connectivity index is 2.39. The predicted octanol–water partition coefficient (Wildman–Crippen LogP) is 3.28.